The fourth-order valence-electron chi connectivity index (χ4n) is 1.43. The third kappa shape index (κ3) is 15.8. The van der Waals surface area contributed by atoms with E-state index in [-0.39, 0.29) is 6.42 Å². The number of carboxylic acid groups (broad SMARTS) is 1. The van der Waals surface area contributed by atoms with E-state index in [1.807, 2.05) is 0 Å². The summed E-state index contributed by atoms with van der Waals surface area (Å²) in [5.74, 6) is -1.04. The third-order valence-corrected chi connectivity index (χ3v) is 3.09. The Balaban J connectivity index is 5.20. The number of carboxylic acids is 1. The quantitative estimate of drug-likeness (QED) is 0.279. The van der Waals surface area contributed by atoms with Crippen LogP contribution in [0.3, 0.4) is 0 Å². The van der Waals surface area contributed by atoms with E-state index in [1.165, 1.54) is 39.0 Å². The Kier molecular flexibility index (Phi) is 7.35. The first kappa shape index (κ1) is 12.4. The minimum absolute atomic E-state index is 0.0600. The number of aliphatic hydroxyl groups is 1. The summed E-state index contributed by atoms with van der Waals surface area (Å²) in [5.41, 5.74) is -1.09. The first-order valence-electron chi connectivity index (χ1n) is 13.5. The van der Waals surface area contributed by atoms with E-state index in [0.29, 0.717) is 0 Å². The predicted molar refractivity (Wildman–Crippen MR) is 116 cm³/mol. The maximum absolute atomic E-state index is 11.1. The maximum atomic E-state index is 11.1. The van der Waals surface area contributed by atoms with Gasteiger partial charge in [0.15, 0.2) is 0 Å². The second-order valence-corrected chi connectivity index (χ2v) is 5.94. The smallest absolute Gasteiger partial charge is 0.309 e. The van der Waals surface area contributed by atoms with E-state index in [9.17, 15) is 9.90 Å². The fourth-order valence-corrected chi connectivity index (χ4v) is 1.43. The van der Waals surface area contributed by atoms with Gasteiger partial charge < -0.3 is 10.2 Å². The third-order valence-electron chi connectivity index (χ3n) is 3.09. The highest BCUT2D eigenvalue weighted by Gasteiger charge is 2.24. The molecule has 0 rings (SSSR count). The molecule has 0 aromatic rings. The van der Waals surface area contributed by atoms with Gasteiger partial charge in [-0.25, -0.2) is 0 Å². The average molecular weight is 383 g/mol. The molecule has 27 heavy (non-hydrogen) atoms. The van der Waals surface area contributed by atoms with Crippen LogP contribution in [0, 0.1) is 5.41 Å². The summed E-state index contributed by atoms with van der Waals surface area (Å²) in [5, 5.41) is 19.2. The molecule has 0 aliphatic heterocycles. The van der Waals surface area contributed by atoms with Crippen molar-refractivity contribution in [3.8, 4) is 0 Å². The maximum Gasteiger partial charge on any atom is 0.309 e. The molecule has 1 unspecified atom stereocenters. The van der Waals surface area contributed by atoms with Gasteiger partial charge in [0, 0.05) is 13.7 Å². The molecule has 1 atom stereocenters. The van der Waals surface area contributed by atoms with E-state index in [0.717, 1.165) is 54.7 Å². The number of rotatable bonds is 14. The summed E-state index contributed by atoms with van der Waals surface area (Å²) in [7, 11) is 0. The van der Waals surface area contributed by atoms with Crippen molar-refractivity contribution in [3.05, 3.63) is 72.9 Å². The molecule has 0 saturated heterocycles. The minimum atomic E-state index is -2.20. The van der Waals surface area contributed by atoms with Crippen molar-refractivity contribution in [1.82, 2.24) is 0 Å². The Bertz CT molecular complexity index is 937. The number of aliphatic hydroxyl groups excluding tert-OH is 1. The van der Waals surface area contributed by atoms with Crippen LogP contribution in [0.25, 0.3) is 0 Å². The summed E-state index contributed by atoms with van der Waals surface area (Å²) in [4.78, 5) is 11.1. The minimum Gasteiger partial charge on any atom is -0.481 e. The lowest BCUT2D eigenvalue weighted by Gasteiger charge is -2.15. The van der Waals surface area contributed by atoms with Crippen LogP contribution in [0.1, 0.15) is 72.8 Å². The van der Waals surface area contributed by atoms with Crippen molar-refractivity contribution in [3.63, 3.8) is 0 Å². The highest BCUT2D eigenvalue weighted by molar-refractivity contribution is 5.73. The van der Waals surface area contributed by atoms with Gasteiger partial charge in [0.05, 0.1) is 11.5 Å². The zero-order valence-electron chi connectivity index (χ0n) is 26.0. The number of aliphatic carboxylic acids is 1. The molecule has 0 aliphatic rings. The standard InChI is InChI=1S/C24H36O3/c1-4-5-6-7-8-9-10-11-12-13-14-15-16-19-22(25)20-17-18-21-24(2,3)23(26)27/h5-6,8-9,11-12,14-19,22,25H,4,7,10,13,20-21H2,1-3H3,(H,26,27)/b6-5-,9-8-,12-11-,15-14-,18-17-,19-16+/i4D2,7D2,10D2,13D2,20D2. The molecular formula is C24H36O3. The van der Waals surface area contributed by atoms with Crippen LogP contribution in [-0.2, 0) is 4.79 Å². The van der Waals surface area contributed by atoms with Gasteiger partial charge in [0.1, 0.15) is 0 Å². The molecule has 0 heterocycles. The van der Waals surface area contributed by atoms with Gasteiger partial charge in [-0.1, -0.05) is 79.8 Å². The average Bonchev–Trinajstić information content (AvgIpc) is 2.72. The van der Waals surface area contributed by atoms with E-state index < -0.39 is 49.4 Å². The molecule has 0 saturated carbocycles. The summed E-state index contributed by atoms with van der Waals surface area (Å²) in [6.07, 6.45) is 0.799. The summed E-state index contributed by atoms with van der Waals surface area (Å²) in [6, 6.07) is 0. The van der Waals surface area contributed by atoms with Crippen molar-refractivity contribution in [2.75, 3.05) is 0 Å². The van der Waals surface area contributed by atoms with Gasteiger partial charge in [-0.3, -0.25) is 4.79 Å². The Morgan fingerprint density at radius 2 is 1.48 bits per heavy atom. The van der Waals surface area contributed by atoms with Crippen molar-refractivity contribution < 1.29 is 28.7 Å². The second-order valence-electron chi connectivity index (χ2n) is 5.94. The number of hydrogen-bond acceptors (Lipinski definition) is 2. The highest BCUT2D eigenvalue weighted by atomic mass is 16.4. The van der Waals surface area contributed by atoms with Crippen molar-refractivity contribution >= 4 is 5.97 Å². The van der Waals surface area contributed by atoms with Gasteiger partial charge in [-0.05, 0) is 52.1 Å². The molecule has 3 heteroatoms. The molecule has 0 aliphatic carbocycles. The van der Waals surface area contributed by atoms with Gasteiger partial charge in [0.2, 0.25) is 0 Å². The lowest BCUT2D eigenvalue weighted by molar-refractivity contribution is -0.146. The Labute approximate surface area is 179 Å². The SMILES string of the molecule is [2H]C([2H])(C)/C=C\C([2H])([2H])/C=C\C([2H])([2H])/C=C\C([2H])([2H])/C=C\C=C\C(O)C([2H])([2H])/C=C\CC(C)(C)C(=O)O. The topological polar surface area (TPSA) is 57.5 Å². The Hall–Kier alpha value is -2.13. The van der Waals surface area contributed by atoms with E-state index in [4.69, 9.17) is 18.8 Å². The summed E-state index contributed by atoms with van der Waals surface area (Å²) >= 11 is 0. The summed E-state index contributed by atoms with van der Waals surface area (Å²) < 4.78 is 77.8. The molecule has 3 nitrogen and oxygen atoms in total. The van der Waals surface area contributed by atoms with Gasteiger partial charge >= 0.3 is 5.97 Å². The van der Waals surface area contributed by atoms with Crippen molar-refractivity contribution in [1.29, 1.82) is 0 Å². The van der Waals surface area contributed by atoms with Crippen LogP contribution in [0.4, 0.5) is 0 Å². The molecule has 0 fully saturated rings. The molecule has 0 amide bonds. The molecule has 0 radical (unpaired) electrons. The van der Waals surface area contributed by atoms with Crippen LogP contribution in [0.2, 0.25) is 0 Å². The Morgan fingerprint density at radius 1 is 0.926 bits per heavy atom. The second kappa shape index (κ2) is 16.1. The van der Waals surface area contributed by atoms with E-state index in [2.05, 4.69) is 0 Å². The molecule has 0 bridgehead atoms. The van der Waals surface area contributed by atoms with Gasteiger partial charge in [-0.2, -0.15) is 0 Å². The molecule has 0 aromatic carbocycles. The number of carbonyl (C=O) groups is 1. The van der Waals surface area contributed by atoms with Crippen LogP contribution >= 0.6 is 0 Å². The van der Waals surface area contributed by atoms with E-state index in [1.54, 1.807) is 0 Å². The first-order chi connectivity index (χ1) is 16.4. The zero-order chi connectivity index (χ0) is 29.3. The molecule has 0 spiro atoms. The van der Waals surface area contributed by atoms with Crippen LogP contribution < -0.4 is 0 Å². The largest absolute Gasteiger partial charge is 0.481 e. The Morgan fingerprint density at radius 3 is 2.04 bits per heavy atom. The van der Waals surface area contributed by atoms with Gasteiger partial charge in [-0.15, -0.1) is 0 Å². The fraction of sp³-hybridized carbons (Fsp3) is 0.458. The zero-order valence-corrected chi connectivity index (χ0v) is 16.0. The molecular weight excluding hydrogens is 336 g/mol. The molecule has 2 N–H and O–H groups in total. The van der Waals surface area contributed by atoms with Crippen molar-refractivity contribution in [2.24, 2.45) is 5.41 Å². The number of hydrogen-bond donors (Lipinski definition) is 2. The highest BCUT2D eigenvalue weighted by Crippen LogP contribution is 2.20. The van der Waals surface area contributed by atoms with E-state index >= 15 is 0 Å². The normalized spacial score (nSPS) is 23.0. The lowest BCUT2D eigenvalue weighted by atomic mass is 9.89. The van der Waals surface area contributed by atoms with Crippen LogP contribution in [-0.4, -0.2) is 22.3 Å². The predicted octanol–water partition coefficient (Wildman–Crippen LogP) is 6.16. The molecule has 150 valence electrons. The summed E-state index contributed by atoms with van der Waals surface area (Å²) in [6.45, 7) is 4.23. The first-order valence-corrected chi connectivity index (χ1v) is 8.46. The monoisotopic (exact) mass is 382 g/mol. The number of allylic oxidation sites excluding steroid dienone is 10. The van der Waals surface area contributed by atoms with Crippen LogP contribution in [0.5, 0.6) is 0 Å². The molecule has 0 aromatic heterocycles. The van der Waals surface area contributed by atoms with Crippen LogP contribution in [0.15, 0.2) is 72.9 Å². The van der Waals surface area contributed by atoms with Crippen molar-refractivity contribution in [2.45, 2.75) is 65.2 Å². The lowest BCUT2D eigenvalue weighted by Crippen LogP contribution is -2.22. The van der Waals surface area contributed by atoms with Gasteiger partial charge in [0.25, 0.3) is 0 Å².